The van der Waals surface area contributed by atoms with E-state index in [1.165, 1.54) is 0 Å². The number of carbonyl (C=O) groups is 1. The SMILES string of the molecule is C/C=C/c1ccc(OCC(=O)N2CCN(C)c3nc4ccccc4nc32)c(OC)c1. The highest BCUT2D eigenvalue weighted by Gasteiger charge is 2.28. The van der Waals surface area contributed by atoms with Gasteiger partial charge in [-0.3, -0.25) is 9.69 Å². The Morgan fingerprint density at radius 2 is 1.80 bits per heavy atom. The lowest BCUT2D eigenvalue weighted by Crippen LogP contribution is -2.45. The van der Waals surface area contributed by atoms with Gasteiger partial charge in [-0.25, -0.2) is 9.97 Å². The van der Waals surface area contributed by atoms with Crippen LogP contribution in [0.3, 0.4) is 0 Å². The number of aromatic nitrogens is 2. The zero-order valence-corrected chi connectivity index (χ0v) is 17.3. The van der Waals surface area contributed by atoms with Crippen molar-refractivity contribution < 1.29 is 14.3 Å². The standard InChI is InChI=1S/C23H24N4O3/c1-4-7-16-10-11-19(20(14-16)29-3)30-15-21(28)27-13-12-26(2)22-23(27)25-18-9-6-5-8-17(18)24-22/h4-11,14H,12-13,15H2,1-3H3/b7-4+. The van der Waals surface area contributed by atoms with Crippen molar-refractivity contribution in [2.45, 2.75) is 6.92 Å². The van der Waals surface area contributed by atoms with Gasteiger partial charge in [-0.1, -0.05) is 30.4 Å². The molecule has 0 N–H and O–H groups in total. The molecule has 7 heteroatoms. The number of likely N-dealkylation sites (N-methyl/N-ethyl adjacent to an activating group) is 1. The third-order valence-electron chi connectivity index (χ3n) is 5.01. The van der Waals surface area contributed by atoms with Crippen molar-refractivity contribution in [1.82, 2.24) is 9.97 Å². The van der Waals surface area contributed by atoms with E-state index in [2.05, 4.69) is 0 Å². The van der Waals surface area contributed by atoms with Gasteiger partial charge in [0, 0.05) is 20.1 Å². The third-order valence-corrected chi connectivity index (χ3v) is 5.01. The van der Waals surface area contributed by atoms with Crippen molar-refractivity contribution in [3.05, 3.63) is 54.1 Å². The summed E-state index contributed by atoms with van der Waals surface area (Å²) in [6.07, 6.45) is 3.93. The molecule has 4 rings (SSSR count). The first kappa shape index (κ1) is 19.7. The number of methoxy groups -OCH3 is 1. The summed E-state index contributed by atoms with van der Waals surface area (Å²) < 4.78 is 11.2. The Morgan fingerprint density at radius 1 is 1.07 bits per heavy atom. The van der Waals surface area contributed by atoms with Gasteiger partial charge in [-0.2, -0.15) is 0 Å². The van der Waals surface area contributed by atoms with Crippen molar-refractivity contribution in [2.24, 2.45) is 0 Å². The van der Waals surface area contributed by atoms with Gasteiger partial charge in [-0.05, 0) is 36.8 Å². The molecule has 0 aliphatic carbocycles. The molecule has 1 aliphatic rings. The zero-order valence-electron chi connectivity index (χ0n) is 17.3. The van der Waals surface area contributed by atoms with Crippen molar-refractivity contribution in [3.63, 3.8) is 0 Å². The molecule has 1 amide bonds. The lowest BCUT2D eigenvalue weighted by molar-refractivity contribution is -0.120. The number of rotatable bonds is 5. The second-order valence-corrected chi connectivity index (χ2v) is 7.03. The lowest BCUT2D eigenvalue weighted by atomic mass is 10.2. The fourth-order valence-electron chi connectivity index (χ4n) is 3.44. The number of allylic oxidation sites excluding steroid dienone is 1. The van der Waals surface area contributed by atoms with E-state index in [0.29, 0.717) is 36.2 Å². The van der Waals surface area contributed by atoms with Crippen molar-refractivity contribution >= 4 is 34.7 Å². The monoisotopic (exact) mass is 404 g/mol. The minimum atomic E-state index is -0.173. The third kappa shape index (κ3) is 3.78. The Bertz CT molecular complexity index is 1110. The molecule has 0 bridgehead atoms. The van der Waals surface area contributed by atoms with Crippen LogP contribution in [0.25, 0.3) is 17.1 Å². The second kappa shape index (κ2) is 8.41. The molecule has 0 saturated heterocycles. The van der Waals surface area contributed by atoms with Crippen LogP contribution in [0.2, 0.25) is 0 Å². The summed E-state index contributed by atoms with van der Waals surface area (Å²) in [5.74, 6) is 2.20. The van der Waals surface area contributed by atoms with Crippen molar-refractivity contribution in [3.8, 4) is 11.5 Å². The molecule has 3 aromatic rings. The molecule has 0 unspecified atom stereocenters. The smallest absolute Gasteiger partial charge is 0.266 e. The van der Waals surface area contributed by atoms with E-state index in [0.717, 1.165) is 16.6 Å². The maximum Gasteiger partial charge on any atom is 0.266 e. The predicted octanol–water partition coefficient (Wildman–Crippen LogP) is 3.53. The van der Waals surface area contributed by atoms with Crippen LogP contribution in [0.5, 0.6) is 11.5 Å². The van der Waals surface area contributed by atoms with Crippen LogP contribution >= 0.6 is 0 Å². The van der Waals surface area contributed by atoms with Gasteiger partial charge in [0.15, 0.2) is 29.7 Å². The first-order valence-electron chi connectivity index (χ1n) is 9.82. The summed E-state index contributed by atoms with van der Waals surface area (Å²) in [7, 11) is 3.54. The van der Waals surface area contributed by atoms with E-state index in [1.807, 2.05) is 73.5 Å². The summed E-state index contributed by atoms with van der Waals surface area (Å²) >= 11 is 0. The number of amides is 1. The molecular weight excluding hydrogens is 380 g/mol. The molecule has 154 valence electrons. The Morgan fingerprint density at radius 3 is 2.50 bits per heavy atom. The first-order chi connectivity index (χ1) is 14.6. The van der Waals surface area contributed by atoms with Gasteiger partial charge in [0.2, 0.25) is 0 Å². The van der Waals surface area contributed by atoms with Gasteiger partial charge >= 0.3 is 0 Å². The summed E-state index contributed by atoms with van der Waals surface area (Å²) in [5, 5.41) is 0. The van der Waals surface area contributed by atoms with E-state index < -0.39 is 0 Å². The van der Waals surface area contributed by atoms with E-state index in [1.54, 1.807) is 12.0 Å². The van der Waals surface area contributed by atoms with Crippen LogP contribution in [0.4, 0.5) is 11.6 Å². The first-order valence-corrected chi connectivity index (χ1v) is 9.82. The van der Waals surface area contributed by atoms with Gasteiger partial charge < -0.3 is 14.4 Å². The summed E-state index contributed by atoms with van der Waals surface area (Å²) in [6, 6.07) is 13.3. The fourth-order valence-corrected chi connectivity index (χ4v) is 3.44. The maximum absolute atomic E-state index is 13.0. The number of ether oxygens (including phenoxy) is 2. The van der Waals surface area contributed by atoms with Crippen LogP contribution in [0.15, 0.2) is 48.5 Å². The van der Waals surface area contributed by atoms with Crippen LogP contribution in [0.1, 0.15) is 12.5 Å². The summed E-state index contributed by atoms with van der Waals surface area (Å²) in [5.41, 5.74) is 2.56. The fraction of sp³-hybridized carbons (Fsp3) is 0.261. The van der Waals surface area contributed by atoms with Gasteiger partial charge in [0.1, 0.15) is 0 Å². The minimum absolute atomic E-state index is 0.114. The van der Waals surface area contributed by atoms with E-state index in [-0.39, 0.29) is 12.5 Å². The van der Waals surface area contributed by atoms with E-state index >= 15 is 0 Å². The number of fused-ring (bicyclic) bond motifs is 2. The Balaban J connectivity index is 1.56. The van der Waals surface area contributed by atoms with Crippen LogP contribution in [-0.2, 0) is 4.79 Å². The number of nitrogens with zero attached hydrogens (tertiary/aromatic N) is 4. The quantitative estimate of drug-likeness (QED) is 0.648. The van der Waals surface area contributed by atoms with Crippen molar-refractivity contribution in [2.75, 3.05) is 43.7 Å². The molecule has 7 nitrogen and oxygen atoms in total. The Kier molecular flexibility index (Phi) is 5.52. The number of carbonyl (C=O) groups excluding carboxylic acids is 1. The summed E-state index contributed by atoms with van der Waals surface area (Å²) in [4.78, 5) is 26.1. The van der Waals surface area contributed by atoms with Gasteiger partial charge in [-0.15, -0.1) is 0 Å². The van der Waals surface area contributed by atoms with Crippen LogP contribution in [-0.4, -0.2) is 49.7 Å². The molecule has 1 aromatic heterocycles. The molecule has 0 spiro atoms. The Hall–Kier alpha value is -3.61. The van der Waals surface area contributed by atoms with E-state index in [4.69, 9.17) is 19.4 Å². The molecule has 0 radical (unpaired) electrons. The van der Waals surface area contributed by atoms with Crippen molar-refractivity contribution in [1.29, 1.82) is 0 Å². The maximum atomic E-state index is 13.0. The molecule has 2 heterocycles. The average Bonchev–Trinajstić information content (AvgIpc) is 2.77. The van der Waals surface area contributed by atoms with Crippen LogP contribution in [0, 0.1) is 0 Å². The number of anilines is 2. The topological polar surface area (TPSA) is 67.8 Å². The van der Waals surface area contributed by atoms with E-state index in [9.17, 15) is 4.79 Å². The molecule has 2 aromatic carbocycles. The zero-order chi connectivity index (χ0) is 21.1. The van der Waals surface area contributed by atoms with Crippen LogP contribution < -0.4 is 19.3 Å². The number of hydrogen-bond donors (Lipinski definition) is 0. The number of para-hydroxylation sites is 2. The predicted molar refractivity (Wildman–Crippen MR) is 118 cm³/mol. The molecule has 0 atom stereocenters. The van der Waals surface area contributed by atoms with Gasteiger partial charge in [0.25, 0.3) is 5.91 Å². The highest BCUT2D eigenvalue weighted by atomic mass is 16.5. The normalized spacial score (nSPS) is 13.6. The lowest BCUT2D eigenvalue weighted by Gasteiger charge is -2.33. The molecule has 0 fully saturated rings. The summed E-state index contributed by atoms with van der Waals surface area (Å²) in [6.45, 7) is 3.04. The minimum Gasteiger partial charge on any atom is -0.493 e. The largest absolute Gasteiger partial charge is 0.493 e. The number of benzene rings is 2. The Labute approximate surface area is 175 Å². The van der Waals surface area contributed by atoms with Gasteiger partial charge in [0.05, 0.1) is 18.1 Å². The molecule has 30 heavy (non-hydrogen) atoms. The average molecular weight is 404 g/mol. The highest BCUT2D eigenvalue weighted by molar-refractivity contribution is 5.98. The number of hydrogen-bond acceptors (Lipinski definition) is 6. The molecule has 1 aliphatic heterocycles. The second-order valence-electron chi connectivity index (χ2n) is 7.03. The molecular formula is C23H24N4O3. The molecule has 0 saturated carbocycles. The highest BCUT2D eigenvalue weighted by Crippen LogP contribution is 2.32.